The van der Waals surface area contributed by atoms with Crippen LogP contribution < -0.4 is 15.1 Å². The number of amides is 1. The van der Waals surface area contributed by atoms with Gasteiger partial charge in [-0.05, 0) is 47.6 Å². The topological polar surface area (TPSA) is 82.1 Å². The van der Waals surface area contributed by atoms with E-state index in [0.717, 1.165) is 11.8 Å². The zero-order valence-corrected chi connectivity index (χ0v) is 14.0. The number of rotatable bonds is 5. The normalized spacial score (nSPS) is 11.9. The van der Waals surface area contributed by atoms with Crippen molar-refractivity contribution in [2.24, 2.45) is 0 Å². The van der Waals surface area contributed by atoms with E-state index in [-0.39, 0.29) is 16.8 Å². The van der Waals surface area contributed by atoms with Gasteiger partial charge in [0.05, 0.1) is 10.5 Å². The maximum Gasteiger partial charge on any atom is 0.298 e. The van der Waals surface area contributed by atoms with Crippen molar-refractivity contribution < 1.29 is 23.5 Å². The summed E-state index contributed by atoms with van der Waals surface area (Å²) in [5.74, 6) is -1.32. The van der Waals surface area contributed by atoms with E-state index in [1.807, 2.05) is 6.07 Å². The number of thioether (sulfide) groups is 1. The van der Waals surface area contributed by atoms with Crippen molar-refractivity contribution >= 4 is 23.4 Å². The minimum Gasteiger partial charge on any atom is -0.538 e. The number of para-hydroxylation sites is 1. The van der Waals surface area contributed by atoms with Crippen LogP contribution in [0.3, 0.4) is 0 Å². The quantitative estimate of drug-likeness (QED) is 0.558. The van der Waals surface area contributed by atoms with Crippen LogP contribution in [-0.4, -0.2) is 16.4 Å². The van der Waals surface area contributed by atoms with E-state index in [1.165, 1.54) is 28.9 Å². The number of halogens is 1. The Labute approximate surface area is 147 Å². The third-order valence-electron chi connectivity index (χ3n) is 3.34. The summed E-state index contributed by atoms with van der Waals surface area (Å²) in [4.78, 5) is 12.3. The zero-order chi connectivity index (χ0) is 17.8. The van der Waals surface area contributed by atoms with Gasteiger partial charge in [0, 0.05) is 17.8 Å². The first-order valence-corrected chi connectivity index (χ1v) is 8.30. The number of benzene rings is 2. The lowest BCUT2D eigenvalue weighted by Gasteiger charge is -2.10. The molecule has 128 valence electrons. The third kappa shape index (κ3) is 3.97. The van der Waals surface area contributed by atoms with Crippen LogP contribution in [0.25, 0.3) is 5.69 Å². The molecule has 8 heteroatoms. The first-order chi connectivity index (χ1) is 12.0. The summed E-state index contributed by atoms with van der Waals surface area (Å²) in [6.45, 7) is 1.66. The number of carbonyl (C=O) groups is 1. The molecule has 1 N–H and O–H groups in total. The highest BCUT2D eigenvalue weighted by Gasteiger charge is 2.26. The molecule has 0 bridgehead atoms. The molecule has 0 saturated carbocycles. The fourth-order valence-electron chi connectivity index (χ4n) is 2.07. The summed E-state index contributed by atoms with van der Waals surface area (Å²) in [5, 5.41) is 17.9. The van der Waals surface area contributed by atoms with E-state index in [2.05, 4.69) is 10.6 Å². The fourth-order valence-corrected chi connectivity index (χ4v) is 2.94. The van der Waals surface area contributed by atoms with Gasteiger partial charge in [0.1, 0.15) is 5.82 Å². The predicted octanol–water partition coefficient (Wildman–Crippen LogP) is 2.28. The number of hydrogen-bond donors (Lipinski definition) is 1. The summed E-state index contributed by atoms with van der Waals surface area (Å²) in [7, 11) is 0. The molecule has 1 unspecified atom stereocenters. The second-order valence-electron chi connectivity index (χ2n) is 5.17. The van der Waals surface area contributed by atoms with Gasteiger partial charge in [-0.2, -0.15) is 0 Å². The summed E-state index contributed by atoms with van der Waals surface area (Å²) < 4.78 is 19.0. The Bertz CT molecular complexity index is 869. The lowest BCUT2D eigenvalue weighted by molar-refractivity contribution is -0.705. The van der Waals surface area contributed by atoms with Crippen LogP contribution in [0.1, 0.15) is 6.92 Å². The van der Waals surface area contributed by atoms with Crippen LogP contribution in [0, 0.1) is 5.82 Å². The number of anilines is 1. The SMILES string of the molecule is CC(Sc1c([O-])on[n+]1-c1ccccc1)C(=O)Nc1ccc(F)cc1. The minimum atomic E-state index is -0.615. The molecule has 0 radical (unpaired) electrons. The molecule has 0 fully saturated rings. The van der Waals surface area contributed by atoms with Gasteiger partial charge in [-0.1, -0.05) is 18.2 Å². The van der Waals surface area contributed by atoms with Crippen molar-refractivity contribution in [3.63, 3.8) is 0 Å². The number of nitrogens with zero attached hydrogens (tertiary/aromatic N) is 2. The average Bonchev–Trinajstić information content (AvgIpc) is 2.98. The Kier molecular flexibility index (Phi) is 4.99. The van der Waals surface area contributed by atoms with Crippen molar-refractivity contribution in [1.82, 2.24) is 5.27 Å². The number of aromatic nitrogens is 2. The maximum absolute atomic E-state index is 12.9. The van der Waals surface area contributed by atoms with Gasteiger partial charge in [0.2, 0.25) is 11.6 Å². The van der Waals surface area contributed by atoms with Crippen molar-refractivity contribution in [1.29, 1.82) is 0 Å². The molecule has 0 aliphatic rings. The van der Waals surface area contributed by atoms with Crippen molar-refractivity contribution in [3.8, 4) is 11.6 Å². The smallest absolute Gasteiger partial charge is 0.298 e. The lowest BCUT2D eigenvalue weighted by atomic mass is 10.3. The minimum absolute atomic E-state index is 0.202. The molecule has 1 heterocycles. The zero-order valence-electron chi connectivity index (χ0n) is 13.2. The van der Waals surface area contributed by atoms with Crippen molar-refractivity contribution in [3.05, 3.63) is 60.4 Å². The Balaban J connectivity index is 1.74. The maximum atomic E-state index is 12.9. The van der Waals surface area contributed by atoms with Gasteiger partial charge in [-0.25, -0.2) is 4.39 Å². The van der Waals surface area contributed by atoms with Gasteiger partial charge in [-0.15, -0.1) is 0 Å². The van der Waals surface area contributed by atoms with E-state index in [1.54, 1.807) is 31.2 Å². The largest absolute Gasteiger partial charge is 0.538 e. The van der Waals surface area contributed by atoms with Gasteiger partial charge < -0.3 is 14.9 Å². The Morgan fingerprint density at radius 1 is 1.24 bits per heavy atom. The molecular formula is C17H14FN3O3S. The molecule has 3 rings (SSSR count). The molecule has 1 atom stereocenters. The fraction of sp³-hybridized carbons (Fsp3) is 0.118. The molecule has 6 nitrogen and oxygen atoms in total. The Morgan fingerprint density at radius 3 is 2.60 bits per heavy atom. The highest BCUT2D eigenvalue weighted by Crippen LogP contribution is 2.28. The van der Waals surface area contributed by atoms with Crippen molar-refractivity contribution in [2.45, 2.75) is 17.2 Å². The second kappa shape index (κ2) is 7.35. The summed E-state index contributed by atoms with van der Waals surface area (Å²) in [6, 6.07) is 14.4. The first kappa shape index (κ1) is 17.0. The standard InChI is InChI=1S/C17H14FN3O3S/c1-11(15(22)19-13-9-7-12(18)8-10-13)25-16-17(23)24-20-21(16)14-5-3-2-4-6-14/h2-11H,1H3,(H-,19,20,22,23). The first-order valence-electron chi connectivity index (χ1n) is 7.42. The summed E-state index contributed by atoms with van der Waals surface area (Å²) in [6.07, 6.45) is 0. The highest BCUT2D eigenvalue weighted by atomic mass is 32.2. The van der Waals surface area contributed by atoms with Crippen LogP contribution in [-0.2, 0) is 4.79 Å². The summed E-state index contributed by atoms with van der Waals surface area (Å²) >= 11 is 1.04. The van der Waals surface area contributed by atoms with Gasteiger partial charge in [0.25, 0.3) is 5.03 Å². The molecule has 0 saturated heterocycles. The van der Waals surface area contributed by atoms with Crippen LogP contribution in [0.15, 0.2) is 64.1 Å². The summed E-state index contributed by atoms with van der Waals surface area (Å²) in [5.41, 5.74) is 1.13. The number of carbonyl (C=O) groups excluding carboxylic acids is 1. The average molecular weight is 359 g/mol. The van der Waals surface area contributed by atoms with Crippen molar-refractivity contribution in [2.75, 3.05) is 5.32 Å². The van der Waals surface area contributed by atoms with E-state index < -0.39 is 11.2 Å². The molecule has 3 aromatic rings. The molecule has 25 heavy (non-hydrogen) atoms. The lowest BCUT2D eigenvalue weighted by Crippen LogP contribution is -2.36. The second-order valence-corrected chi connectivity index (χ2v) is 6.50. The molecule has 0 spiro atoms. The van der Waals surface area contributed by atoms with E-state index in [4.69, 9.17) is 4.52 Å². The predicted molar refractivity (Wildman–Crippen MR) is 87.8 cm³/mol. The van der Waals surface area contributed by atoms with E-state index in [0.29, 0.717) is 11.4 Å². The molecular weight excluding hydrogens is 345 g/mol. The number of hydrogen-bond acceptors (Lipinski definition) is 5. The number of nitrogens with one attached hydrogen (secondary N) is 1. The van der Waals surface area contributed by atoms with Crippen LogP contribution in [0.4, 0.5) is 10.1 Å². The molecule has 0 aliphatic carbocycles. The van der Waals surface area contributed by atoms with E-state index in [9.17, 15) is 14.3 Å². The Morgan fingerprint density at radius 2 is 1.92 bits per heavy atom. The van der Waals surface area contributed by atoms with Gasteiger partial charge >= 0.3 is 0 Å². The van der Waals surface area contributed by atoms with E-state index >= 15 is 0 Å². The molecule has 2 aromatic carbocycles. The molecule has 1 amide bonds. The third-order valence-corrected chi connectivity index (χ3v) is 4.47. The molecule has 1 aromatic heterocycles. The van der Waals surface area contributed by atoms with Gasteiger partial charge in [0.15, 0.2) is 5.95 Å². The molecule has 0 aliphatic heterocycles. The monoisotopic (exact) mass is 359 g/mol. The Hall–Kier alpha value is -2.87. The highest BCUT2D eigenvalue weighted by molar-refractivity contribution is 8.00. The van der Waals surface area contributed by atoms with Crippen LogP contribution in [0.2, 0.25) is 0 Å². The van der Waals surface area contributed by atoms with Gasteiger partial charge in [-0.3, -0.25) is 4.79 Å². The van der Waals surface area contributed by atoms with Crippen LogP contribution in [0.5, 0.6) is 5.95 Å². The van der Waals surface area contributed by atoms with Crippen LogP contribution >= 0.6 is 11.8 Å².